The second-order valence-corrected chi connectivity index (χ2v) is 5.95. The first-order chi connectivity index (χ1) is 11.5. The number of aromatic nitrogens is 3. The molecule has 1 unspecified atom stereocenters. The summed E-state index contributed by atoms with van der Waals surface area (Å²) in [5.41, 5.74) is 2.83. The van der Waals surface area contributed by atoms with Crippen LogP contribution < -0.4 is 0 Å². The van der Waals surface area contributed by atoms with Crippen LogP contribution in [0.2, 0.25) is 0 Å². The average Bonchev–Trinajstić information content (AvgIpc) is 2.99. The van der Waals surface area contributed by atoms with Crippen LogP contribution in [-0.4, -0.2) is 34.1 Å². The molecular formula is C18H19FN4O. The van der Waals surface area contributed by atoms with Crippen LogP contribution in [0.25, 0.3) is 0 Å². The Bertz CT molecular complexity index is 817. The second kappa shape index (κ2) is 6.88. The molecule has 0 amide bonds. The van der Waals surface area contributed by atoms with Crippen LogP contribution in [0.1, 0.15) is 34.4 Å². The van der Waals surface area contributed by atoms with Gasteiger partial charge in [-0.2, -0.15) is 4.98 Å². The van der Waals surface area contributed by atoms with E-state index in [0.717, 1.165) is 16.7 Å². The molecule has 0 saturated carbocycles. The van der Waals surface area contributed by atoms with Gasteiger partial charge < -0.3 is 4.52 Å². The minimum Gasteiger partial charge on any atom is -0.337 e. The lowest BCUT2D eigenvalue weighted by molar-refractivity contribution is 0.260. The van der Waals surface area contributed by atoms with E-state index in [9.17, 15) is 4.39 Å². The molecule has 0 N–H and O–H groups in total. The van der Waals surface area contributed by atoms with E-state index in [1.54, 1.807) is 18.5 Å². The summed E-state index contributed by atoms with van der Waals surface area (Å²) in [7, 11) is 3.90. The van der Waals surface area contributed by atoms with Gasteiger partial charge in [-0.05, 0) is 55.9 Å². The second-order valence-electron chi connectivity index (χ2n) is 5.95. The van der Waals surface area contributed by atoms with Gasteiger partial charge in [-0.15, -0.1) is 0 Å². The van der Waals surface area contributed by atoms with E-state index < -0.39 is 0 Å². The van der Waals surface area contributed by atoms with E-state index >= 15 is 0 Å². The van der Waals surface area contributed by atoms with Gasteiger partial charge in [0.2, 0.25) is 5.89 Å². The van der Waals surface area contributed by atoms with Crippen molar-refractivity contribution in [2.75, 3.05) is 14.1 Å². The number of aryl methyl sites for hydroxylation is 1. The van der Waals surface area contributed by atoms with Crippen molar-refractivity contribution in [1.82, 2.24) is 20.0 Å². The van der Waals surface area contributed by atoms with Gasteiger partial charge in [0.1, 0.15) is 11.9 Å². The van der Waals surface area contributed by atoms with E-state index in [1.807, 2.05) is 38.1 Å². The summed E-state index contributed by atoms with van der Waals surface area (Å²) in [6.07, 6.45) is 4.02. The average molecular weight is 326 g/mol. The predicted molar refractivity (Wildman–Crippen MR) is 88.0 cm³/mol. The first kappa shape index (κ1) is 16.3. The Morgan fingerprint density at radius 1 is 1.25 bits per heavy atom. The molecule has 1 aromatic carbocycles. The van der Waals surface area contributed by atoms with Gasteiger partial charge in [0.15, 0.2) is 5.82 Å². The van der Waals surface area contributed by atoms with E-state index in [1.165, 1.54) is 12.1 Å². The van der Waals surface area contributed by atoms with Crippen LogP contribution >= 0.6 is 0 Å². The highest BCUT2D eigenvalue weighted by Gasteiger charge is 2.23. The summed E-state index contributed by atoms with van der Waals surface area (Å²) in [4.78, 5) is 10.7. The summed E-state index contributed by atoms with van der Waals surface area (Å²) in [5.74, 6) is 0.854. The van der Waals surface area contributed by atoms with Crippen molar-refractivity contribution in [3.05, 3.63) is 76.9 Å². The fourth-order valence-corrected chi connectivity index (χ4v) is 2.68. The van der Waals surface area contributed by atoms with Gasteiger partial charge in [-0.3, -0.25) is 9.88 Å². The fraction of sp³-hybridized carbons (Fsp3) is 0.278. The molecule has 2 heterocycles. The third-order valence-electron chi connectivity index (χ3n) is 3.89. The number of nitrogens with zero attached hydrogens (tertiary/aromatic N) is 4. The van der Waals surface area contributed by atoms with E-state index in [0.29, 0.717) is 18.1 Å². The third-order valence-corrected chi connectivity index (χ3v) is 3.89. The van der Waals surface area contributed by atoms with Crippen LogP contribution in [0.15, 0.2) is 47.2 Å². The van der Waals surface area contributed by atoms with Gasteiger partial charge >= 0.3 is 0 Å². The molecule has 0 spiro atoms. The van der Waals surface area contributed by atoms with E-state index in [-0.39, 0.29) is 11.9 Å². The standard InChI is InChI=1S/C18H19FN4O/c1-12-9-15(19)7-6-13(12)10-16-21-18(24-22-16)17(23(2)3)14-5-4-8-20-11-14/h4-9,11,17H,10H2,1-3H3. The van der Waals surface area contributed by atoms with Gasteiger partial charge in [0.05, 0.1) is 0 Å². The number of benzene rings is 1. The Morgan fingerprint density at radius 2 is 2.08 bits per heavy atom. The van der Waals surface area contributed by atoms with Gasteiger partial charge in [0.25, 0.3) is 0 Å². The monoisotopic (exact) mass is 326 g/mol. The lowest BCUT2D eigenvalue weighted by Crippen LogP contribution is -2.21. The number of hydrogen-bond donors (Lipinski definition) is 0. The third kappa shape index (κ3) is 3.49. The summed E-state index contributed by atoms with van der Waals surface area (Å²) in [5, 5.41) is 4.08. The number of hydrogen-bond acceptors (Lipinski definition) is 5. The Labute approximate surface area is 140 Å². The smallest absolute Gasteiger partial charge is 0.248 e. The molecular weight excluding hydrogens is 307 g/mol. The maximum Gasteiger partial charge on any atom is 0.248 e. The molecule has 24 heavy (non-hydrogen) atoms. The SMILES string of the molecule is Cc1cc(F)ccc1Cc1noc(C(c2cccnc2)N(C)C)n1. The molecule has 0 fully saturated rings. The van der Waals surface area contributed by atoms with Crippen molar-refractivity contribution in [3.63, 3.8) is 0 Å². The maximum atomic E-state index is 13.2. The molecule has 0 saturated heterocycles. The molecule has 3 aromatic rings. The number of rotatable bonds is 5. The molecule has 0 aliphatic carbocycles. The zero-order valence-corrected chi connectivity index (χ0v) is 13.9. The Kier molecular flexibility index (Phi) is 4.66. The zero-order chi connectivity index (χ0) is 17.1. The van der Waals surface area contributed by atoms with Crippen LogP contribution in [0.4, 0.5) is 4.39 Å². The van der Waals surface area contributed by atoms with Crippen molar-refractivity contribution >= 4 is 0 Å². The first-order valence-corrected chi connectivity index (χ1v) is 7.68. The molecule has 124 valence electrons. The van der Waals surface area contributed by atoms with Crippen LogP contribution in [-0.2, 0) is 6.42 Å². The minimum atomic E-state index is -0.241. The molecule has 0 radical (unpaired) electrons. The summed E-state index contributed by atoms with van der Waals surface area (Å²) >= 11 is 0. The molecule has 0 aliphatic rings. The predicted octanol–water partition coefficient (Wildman–Crippen LogP) is 3.15. The largest absolute Gasteiger partial charge is 0.337 e. The maximum absolute atomic E-state index is 13.2. The lowest BCUT2D eigenvalue weighted by atomic mass is 10.1. The van der Waals surface area contributed by atoms with Crippen molar-refractivity contribution in [3.8, 4) is 0 Å². The molecule has 0 aliphatic heterocycles. The highest BCUT2D eigenvalue weighted by Crippen LogP contribution is 2.25. The van der Waals surface area contributed by atoms with Crippen LogP contribution in [0, 0.1) is 12.7 Å². The summed E-state index contributed by atoms with van der Waals surface area (Å²) < 4.78 is 18.7. The van der Waals surface area contributed by atoms with Crippen molar-refractivity contribution in [1.29, 1.82) is 0 Å². The van der Waals surface area contributed by atoms with Crippen molar-refractivity contribution in [2.45, 2.75) is 19.4 Å². The minimum absolute atomic E-state index is 0.158. The topological polar surface area (TPSA) is 55.1 Å². The molecule has 6 heteroatoms. The normalized spacial score (nSPS) is 12.5. The Morgan fingerprint density at radius 3 is 2.75 bits per heavy atom. The number of halogens is 1. The Balaban J connectivity index is 1.86. The molecule has 5 nitrogen and oxygen atoms in total. The Hall–Kier alpha value is -2.60. The van der Waals surface area contributed by atoms with E-state index in [4.69, 9.17) is 4.52 Å². The zero-order valence-electron chi connectivity index (χ0n) is 13.9. The van der Waals surface area contributed by atoms with Gasteiger partial charge in [0, 0.05) is 18.8 Å². The van der Waals surface area contributed by atoms with Crippen molar-refractivity contribution in [2.24, 2.45) is 0 Å². The lowest BCUT2D eigenvalue weighted by Gasteiger charge is -2.20. The molecule has 1 atom stereocenters. The quantitative estimate of drug-likeness (QED) is 0.721. The fourth-order valence-electron chi connectivity index (χ4n) is 2.68. The highest BCUT2D eigenvalue weighted by molar-refractivity contribution is 5.29. The molecule has 0 bridgehead atoms. The number of pyridine rings is 1. The van der Waals surface area contributed by atoms with Gasteiger partial charge in [-0.25, -0.2) is 4.39 Å². The molecule has 2 aromatic heterocycles. The first-order valence-electron chi connectivity index (χ1n) is 7.68. The van der Waals surface area contributed by atoms with Crippen LogP contribution in [0.5, 0.6) is 0 Å². The van der Waals surface area contributed by atoms with Crippen molar-refractivity contribution < 1.29 is 8.91 Å². The summed E-state index contributed by atoms with van der Waals surface area (Å²) in [6, 6.07) is 8.41. The molecule has 3 rings (SSSR count). The summed E-state index contributed by atoms with van der Waals surface area (Å²) in [6.45, 7) is 1.87. The van der Waals surface area contributed by atoms with Crippen LogP contribution in [0.3, 0.4) is 0 Å². The highest BCUT2D eigenvalue weighted by atomic mass is 19.1. The van der Waals surface area contributed by atoms with E-state index in [2.05, 4.69) is 15.1 Å². The van der Waals surface area contributed by atoms with Gasteiger partial charge in [-0.1, -0.05) is 17.3 Å².